The van der Waals surface area contributed by atoms with E-state index < -0.39 is 0 Å². The van der Waals surface area contributed by atoms with Crippen LogP contribution in [0.5, 0.6) is 0 Å². The Labute approximate surface area is 88.7 Å². The molecule has 0 aliphatic carbocycles. The normalized spacial score (nSPS) is 18.4. The van der Waals surface area contributed by atoms with Crippen molar-refractivity contribution in [2.45, 2.75) is 52.0 Å². The Balaban J connectivity index is 3.77. The molecule has 2 nitrogen and oxygen atoms in total. The molecular formula is C12H26N2. The molecule has 14 heavy (non-hydrogen) atoms. The van der Waals surface area contributed by atoms with Gasteiger partial charge >= 0.3 is 0 Å². The molecule has 2 unspecified atom stereocenters. The first-order valence-corrected chi connectivity index (χ1v) is 5.67. The molecular weight excluding hydrogens is 172 g/mol. The van der Waals surface area contributed by atoms with Gasteiger partial charge in [0, 0.05) is 5.54 Å². The van der Waals surface area contributed by atoms with Gasteiger partial charge in [-0.3, -0.25) is 0 Å². The SMILES string of the molecule is C/C=C/C(C)(N)C(C)CCCCCN. The van der Waals surface area contributed by atoms with E-state index in [1.165, 1.54) is 19.3 Å². The molecule has 2 heteroatoms. The first kappa shape index (κ1) is 13.7. The predicted octanol–water partition coefficient (Wildman–Crippen LogP) is 2.44. The van der Waals surface area contributed by atoms with Crippen LogP contribution in [0.1, 0.15) is 46.5 Å². The highest BCUT2D eigenvalue weighted by Crippen LogP contribution is 2.21. The quantitative estimate of drug-likeness (QED) is 0.487. The Kier molecular flexibility index (Phi) is 6.85. The largest absolute Gasteiger partial charge is 0.330 e. The first-order valence-electron chi connectivity index (χ1n) is 5.67. The van der Waals surface area contributed by atoms with Gasteiger partial charge in [0.1, 0.15) is 0 Å². The Morgan fingerprint density at radius 3 is 2.43 bits per heavy atom. The maximum Gasteiger partial charge on any atom is 0.0336 e. The number of hydrogen-bond donors (Lipinski definition) is 2. The second-order valence-electron chi connectivity index (χ2n) is 4.41. The second-order valence-corrected chi connectivity index (χ2v) is 4.41. The summed E-state index contributed by atoms with van der Waals surface area (Å²) < 4.78 is 0. The predicted molar refractivity (Wildman–Crippen MR) is 64.1 cm³/mol. The van der Waals surface area contributed by atoms with E-state index in [1.807, 2.05) is 13.0 Å². The molecule has 0 rings (SSSR count). The molecule has 0 saturated heterocycles. The molecule has 0 aromatic heterocycles. The summed E-state index contributed by atoms with van der Waals surface area (Å²) in [5.74, 6) is 0.538. The molecule has 0 aromatic rings. The molecule has 0 amide bonds. The highest BCUT2D eigenvalue weighted by molar-refractivity contribution is 5.03. The molecule has 0 radical (unpaired) electrons. The van der Waals surface area contributed by atoms with E-state index in [2.05, 4.69) is 19.9 Å². The van der Waals surface area contributed by atoms with Gasteiger partial charge in [-0.15, -0.1) is 0 Å². The minimum atomic E-state index is -0.155. The van der Waals surface area contributed by atoms with Crippen molar-refractivity contribution in [1.82, 2.24) is 0 Å². The maximum atomic E-state index is 6.17. The van der Waals surface area contributed by atoms with Crippen LogP contribution in [0.3, 0.4) is 0 Å². The fourth-order valence-electron chi connectivity index (χ4n) is 1.61. The lowest BCUT2D eigenvalue weighted by Crippen LogP contribution is -2.40. The van der Waals surface area contributed by atoms with Gasteiger partial charge in [-0.25, -0.2) is 0 Å². The summed E-state index contributed by atoms with van der Waals surface area (Å²) in [5, 5.41) is 0. The highest BCUT2D eigenvalue weighted by Gasteiger charge is 2.22. The smallest absolute Gasteiger partial charge is 0.0336 e. The van der Waals surface area contributed by atoms with Gasteiger partial charge in [-0.05, 0) is 39.2 Å². The number of hydrogen-bond acceptors (Lipinski definition) is 2. The van der Waals surface area contributed by atoms with Crippen LogP contribution in [0.25, 0.3) is 0 Å². The third-order valence-corrected chi connectivity index (χ3v) is 2.93. The van der Waals surface area contributed by atoms with E-state index in [0.29, 0.717) is 5.92 Å². The van der Waals surface area contributed by atoms with Crippen molar-refractivity contribution < 1.29 is 0 Å². The van der Waals surface area contributed by atoms with E-state index in [-0.39, 0.29) is 5.54 Å². The minimum absolute atomic E-state index is 0.155. The van der Waals surface area contributed by atoms with Crippen molar-refractivity contribution in [1.29, 1.82) is 0 Å². The number of rotatable bonds is 7. The Bertz CT molecular complexity index is 162. The molecule has 0 bridgehead atoms. The van der Waals surface area contributed by atoms with Crippen molar-refractivity contribution >= 4 is 0 Å². The van der Waals surface area contributed by atoms with Crippen LogP contribution in [-0.4, -0.2) is 12.1 Å². The van der Waals surface area contributed by atoms with Crippen LogP contribution < -0.4 is 11.5 Å². The zero-order chi connectivity index (χ0) is 11.0. The topological polar surface area (TPSA) is 52.0 Å². The van der Waals surface area contributed by atoms with E-state index in [4.69, 9.17) is 11.5 Å². The summed E-state index contributed by atoms with van der Waals surface area (Å²) in [7, 11) is 0. The zero-order valence-corrected chi connectivity index (χ0v) is 9.92. The third-order valence-electron chi connectivity index (χ3n) is 2.93. The van der Waals surface area contributed by atoms with Crippen molar-refractivity contribution in [3.05, 3.63) is 12.2 Å². The zero-order valence-electron chi connectivity index (χ0n) is 9.92. The Morgan fingerprint density at radius 1 is 1.29 bits per heavy atom. The fraction of sp³-hybridized carbons (Fsp3) is 0.833. The lowest BCUT2D eigenvalue weighted by molar-refractivity contribution is 0.351. The molecule has 0 fully saturated rings. The van der Waals surface area contributed by atoms with E-state index in [9.17, 15) is 0 Å². The van der Waals surface area contributed by atoms with Gasteiger partial charge in [-0.2, -0.15) is 0 Å². The van der Waals surface area contributed by atoms with Gasteiger partial charge in [0.05, 0.1) is 0 Å². The maximum absolute atomic E-state index is 6.17. The molecule has 0 aliphatic rings. The van der Waals surface area contributed by atoms with Gasteiger partial charge in [-0.1, -0.05) is 31.9 Å². The van der Waals surface area contributed by atoms with Gasteiger partial charge in [0.2, 0.25) is 0 Å². The lowest BCUT2D eigenvalue weighted by Gasteiger charge is -2.28. The summed E-state index contributed by atoms with van der Waals surface area (Å²) >= 11 is 0. The molecule has 0 aromatic carbocycles. The summed E-state index contributed by atoms with van der Waals surface area (Å²) in [5.41, 5.74) is 11.5. The number of nitrogens with two attached hydrogens (primary N) is 2. The van der Waals surface area contributed by atoms with Crippen LogP contribution in [-0.2, 0) is 0 Å². The van der Waals surface area contributed by atoms with Gasteiger partial charge in [0.25, 0.3) is 0 Å². The van der Waals surface area contributed by atoms with Crippen LogP contribution in [0.2, 0.25) is 0 Å². The van der Waals surface area contributed by atoms with Crippen molar-refractivity contribution in [2.24, 2.45) is 17.4 Å². The average molecular weight is 198 g/mol. The molecule has 84 valence electrons. The fourth-order valence-corrected chi connectivity index (χ4v) is 1.61. The number of allylic oxidation sites excluding steroid dienone is 1. The lowest BCUT2D eigenvalue weighted by atomic mass is 9.84. The highest BCUT2D eigenvalue weighted by atomic mass is 14.7. The summed E-state index contributed by atoms with van der Waals surface area (Å²) in [4.78, 5) is 0. The molecule has 0 saturated carbocycles. The minimum Gasteiger partial charge on any atom is -0.330 e. The van der Waals surface area contributed by atoms with E-state index in [1.54, 1.807) is 0 Å². The van der Waals surface area contributed by atoms with E-state index >= 15 is 0 Å². The Morgan fingerprint density at radius 2 is 1.93 bits per heavy atom. The van der Waals surface area contributed by atoms with Crippen molar-refractivity contribution in [2.75, 3.05) is 6.54 Å². The molecule has 2 atom stereocenters. The van der Waals surface area contributed by atoms with Gasteiger partial charge in [0.15, 0.2) is 0 Å². The van der Waals surface area contributed by atoms with Crippen LogP contribution >= 0.6 is 0 Å². The van der Waals surface area contributed by atoms with Crippen LogP contribution in [0.15, 0.2) is 12.2 Å². The molecule has 0 aliphatic heterocycles. The van der Waals surface area contributed by atoms with Crippen molar-refractivity contribution in [3.8, 4) is 0 Å². The summed E-state index contributed by atoms with van der Waals surface area (Å²) in [6, 6.07) is 0. The van der Waals surface area contributed by atoms with E-state index in [0.717, 1.165) is 13.0 Å². The standard InChI is InChI=1S/C12H26N2/c1-4-9-12(3,14)11(2)8-6-5-7-10-13/h4,9,11H,5-8,10,13-14H2,1-3H3/b9-4+. The monoisotopic (exact) mass is 198 g/mol. The molecule has 0 spiro atoms. The first-order chi connectivity index (χ1) is 6.54. The molecule has 0 heterocycles. The Hall–Kier alpha value is -0.340. The summed E-state index contributed by atoms with van der Waals surface area (Å²) in [6.07, 6.45) is 8.93. The summed E-state index contributed by atoms with van der Waals surface area (Å²) in [6.45, 7) is 7.15. The van der Waals surface area contributed by atoms with Crippen LogP contribution in [0.4, 0.5) is 0 Å². The van der Waals surface area contributed by atoms with Crippen LogP contribution in [0, 0.1) is 5.92 Å². The second kappa shape index (κ2) is 7.02. The van der Waals surface area contributed by atoms with Gasteiger partial charge < -0.3 is 11.5 Å². The third kappa shape index (κ3) is 5.40. The molecule has 4 N–H and O–H groups in total. The average Bonchev–Trinajstić information content (AvgIpc) is 2.12. The van der Waals surface area contributed by atoms with Crippen molar-refractivity contribution in [3.63, 3.8) is 0 Å². The number of unbranched alkanes of at least 4 members (excludes halogenated alkanes) is 2.